The molecular formula is C21H15BrN4O4. The third-order valence-electron chi connectivity index (χ3n) is 4.01. The van der Waals surface area contributed by atoms with Gasteiger partial charge in [-0.3, -0.25) is 19.7 Å². The molecule has 30 heavy (non-hydrogen) atoms. The van der Waals surface area contributed by atoms with E-state index in [0.29, 0.717) is 26.9 Å². The summed E-state index contributed by atoms with van der Waals surface area (Å²) in [5.41, 5.74) is 4.36. The normalized spacial score (nSPS) is 10.6. The molecule has 0 heterocycles. The van der Waals surface area contributed by atoms with Gasteiger partial charge in [-0.2, -0.15) is 5.10 Å². The zero-order valence-corrected chi connectivity index (χ0v) is 17.0. The molecule has 8 nitrogen and oxygen atoms in total. The van der Waals surface area contributed by atoms with E-state index in [2.05, 4.69) is 31.8 Å². The molecule has 2 amide bonds. The standard InChI is InChI=1S/C21H15BrN4O4/c22-19-4-2-1-3-18(19)21(28)24-16-9-7-15(8-10-16)20(27)25-23-13-14-5-11-17(12-6-14)26(29)30/h1-13H,(H,24,28)(H,25,27)/b23-13-. The van der Waals surface area contributed by atoms with Gasteiger partial charge in [0.25, 0.3) is 17.5 Å². The Morgan fingerprint density at radius 1 is 0.933 bits per heavy atom. The van der Waals surface area contributed by atoms with Crippen molar-refractivity contribution in [3.8, 4) is 0 Å². The molecule has 2 N–H and O–H groups in total. The summed E-state index contributed by atoms with van der Waals surface area (Å²) in [5, 5.41) is 17.2. The number of hydrazone groups is 1. The lowest BCUT2D eigenvalue weighted by Gasteiger charge is -2.07. The number of halogens is 1. The van der Waals surface area contributed by atoms with Gasteiger partial charge in [0.05, 0.1) is 16.7 Å². The Balaban J connectivity index is 1.57. The maximum Gasteiger partial charge on any atom is 0.271 e. The topological polar surface area (TPSA) is 114 Å². The summed E-state index contributed by atoms with van der Waals surface area (Å²) in [4.78, 5) is 34.6. The monoisotopic (exact) mass is 466 g/mol. The van der Waals surface area contributed by atoms with Crippen LogP contribution in [0.3, 0.4) is 0 Å². The Kier molecular flexibility index (Phi) is 6.66. The molecule has 0 fully saturated rings. The van der Waals surface area contributed by atoms with Crippen LogP contribution in [0.5, 0.6) is 0 Å². The van der Waals surface area contributed by atoms with Crippen LogP contribution in [0.1, 0.15) is 26.3 Å². The zero-order chi connectivity index (χ0) is 21.5. The summed E-state index contributed by atoms with van der Waals surface area (Å²) in [5.74, 6) is -0.704. The molecule has 0 saturated carbocycles. The van der Waals surface area contributed by atoms with E-state index in [-0.39, 0.29) is 11.6 Å². The second-order valence-electron chi connectivity index (χ2n) is 6.06. The van der Waals surface area contributed by atoms with Crippen molar-refractivity contribution in [2.45, 2.75) is 0 Å². The Bertz CT molecular complexity index is 1110. The summed E-state index contributed by atoms with van der Waals surface area (Å²) in [6.45, 7) is 0. The number of hydrogen-bond donors (Lipinski definition) is 2. The number of hydrogen-bond acceptors (Lipinski definition) is 5. The summed E-state index contributed by atoms with van der Waals surface area (Å²) in [6.07, 6.45) is 1.38. The number of non-ortho nitro benzene ring substituents is 1. The van der Waals surface area contributed by atoms with Gasteiger partial charge in [0, 0.05) is 27.9 Å². The van der Waals surface area contributed by atoms with E-state index in [1.54, 1.807) is 42.5 Å². The van der Waals surface area contributed by atoms with E-state index in [1.165, 1.54) is 30.5 Å². The fraction of sp³-hybridized carbons (Fsp3) is 0. The minimum atomic E-state index is -0.493. The minimum absolute atomic E-state index is 0.0250. The second kappa shape index (κ2) is 9.57. The summed E-state index contributed by atoms with van der Waals surface area (Å²) in [6, 6.07) is 19.2. The van der Waals surface area contributed by atoms with Gasteiger partial charge in [-0.1, -0.05) is 12.1 Å². The summed E-state index contributed by atoms with van der Waals surface area (Å²) in [7, 11) is 0. The first-order valence-corrected chi connectivity index (χ1v) is 9.47. The maximum atomic E-state index is 12.3. The third-order valence-corrected chi connectivity index (χ3v) is 4.70. The first-order valence-electron chi connectivity index (χ1n) is 8.68. The van der Waals surface area contributed by atoms with Crippen molar-refractivity contribution in [2.24, 2.45) is 5.10 Å². The van der Waals surface area contributed by atoms with E-state index >= 15 is 0 Å². The number of benzene rings is 3. The highest BCUT2D eigenvalue weighted by Crippen LogP contribution is 2.18. The number of nitrogens with zero attached hydrogens (tertiary/aromatic N) is 2. The number of rotatable bonds is 6. The lowest BCUT2D eigenvalue weighted by molar-refractivity contribution is -0.384. The van der Waals surface area contributed by atoms with Crippen LogP contribution >= 0.6 is 15.9 Å². The first-order chi connectivity index (χ1) is 14.4. The number of nitrogens with one attached hydrogen (secondary N) is 2. The number of carbonyl (C=O) groups excluding carboxylic acids is 2. The zero-order valence-electron chi connectivity index (χ0n) is 15.4. The number of carbonyl (C=O) groups is 2. The van der Waals surface area contributed by atoms with E-state index < -0.39 is 10.8 Å². The lowest BCUT2D eigenvalue weighted by atomic mass is 10.1. The Hall–Kier alpha value is -3.85. The second-order valence-corrected chi connectivity index (χ2v) is 6.91. The van der Waals surface area contributed by atoms with Gasteiger partial charge >= 0.3 is 0 Å². The van der Waals surface area contributed by atoms with Crippen molar-refractivity contribution in [3.05, 3.63) is 104 Å². The molecule has 3 aromatic rings. The molecule has 150 valence electrons. The van der Waals surface area contributed by atoms with Gasteiger partial charge in [0.2, 0.25) is 0 Å². The van der Waals surface area contributed by atoms with Gasteiger partial charge in [-0.15, -0.1) is 0 Å². The SMILES string of the molecule is O=C(N/N=C\c1ccc([N+](=O)[O-])cc1)c1ccc(NC(=O)c2ccccc2Br)cc1. The highest BCUT2D eigenvalue weighted by molar-refractivity contribution is 9.10. The van der Waals surface area contributed by atoms with Gasteiger partial charge in [-0.05, 0) is 70.0 Å². The van der Waals surface area contributed by atoms with Crippen LogP contribution in [0.4, 0.5) is 11.4 Å². The van der Waals surface area contributed by atoms with Crippen molar-refractivity contribution < 1.29 is 14.5 Å². The van der Waals surface area contributed by atoms with Crippen LogP contribution in [-0.2, 0) is 0 Å². The molecule has 0 spiro atoms. The Labute approximate surface area is 179 Å². The van der Waals surface area contributed by atoms with Gasteiger partial charge in [-0.25, -0.2) is 5.43 Å². The predicted octanol–water partition coefficient (Wildman–Crippen LogP) is 4.37. The highest BCUT2D eigenvalue weighted by Gasteiger charge is 2.10. The molecule has 0 saturated heterocycles. The molecular weight excluding hydrogens is 452 g/mol. The molecule has 0 aliphatic heterocycles. The largest absolute Gasteiger partial charge is 0.322 e. The van der Waals surface area contributed by atoms with Crippen LogP contribution in [0.15, 0.2) is 82.4 Å². The lowest BCUT2D eigenvalue weighted by Crippen LogP contribution is -2.18. The van der Waals surface area contributed by atoms with Gasteiger partial charge in [0.15, 0.2) is 0 Å². The average molecular weight is 467 g/mol. The summed E-state index contributed by atoms with van der Waals surface area (Å²) >= 11 is 3.33. The smallest absolute Gasteiger partial charge is 0.271 e. The number of nitro groups is 1. The molecule has 0 unspecified atom stereocenters. The van der Waals surface area contributed by atoms with Crippen LogP contribution < -0.4 is 10.7 Å². The Morgan fingerprint density at radius 3 is 2.23 bits per heavy atom. The quantitative estimate of drug-likeness (QED) is 0.318. The highest BCUT2D eigenvalue weighted by atomic mass is 79.9. The maximum absolute atomic E-state index is 12.3. The molecule has 3 rings (SSSR count). The number of anilines is 1. The molecule has 0 aliphatic rings. The van der Waals surface area contributed by atoms with Crippen molar-refractivity contribution in [1.29, 1.82) is 0 Å². The van der Waals surface area contributed by atoms with Crippen molar-refractivity contribution in [1.82, 2.24) is 5.43 Å². The van der Waals surface area contributed by atoms with Gasteiger partial charge < -0.3 is 5.32 Å². The Morgan fingerprint density at radius 2 is 1.60 bits per heavy atom. The van der Waals surface area contributed by atoms with Crippen LogP contribution in [-0.4, -0.2) is 23.0 Å². The van der Waals surface area contributed by atoms with Crippen molar-refractivity contribution in [3.63, 3.8) is 0 Å². The molecule has 0 aromatic heterocycles. The van der Waals surface area contributed by atoms with E-state index in [9.17, 15) is 19.7 Å². The fourth-order valence-corrected chi connectivity index (χ4v) is 2.93. The van der Waals surface area contributed by atoms with Crippen molar-refractivity contribution >= 4 is 45.3 Å². The molecule has 9 heteroatoms. The van der Waals surface area contributed by atoms with Crippen LogP contribution in [0.2, 0.25) is 0 Å². The van der Waals surface area contributed by atoms with E-state index in [0.717, 1.165) is 0 Å². The van der Waals surface area contributed by atoms with Crippen LogP contribution in [0.25, 0.3) is 0 Å². The fourth-order valence-electron chi connectivity index (χ4n) is 2.46. The average Bonchev–Trinajstić information content (AvgIpc) is 2.74. The van der Waals surface area contributed by atoms with Crippen molar-refractivity contribution in [2.75, 3.05) is 5.32 Å². The molecule has 0 radical (unpaired) electrons. The first kappa shape index (κ1) is 20.9. The number of amides is 2. The predicted molar refractivity (Wildman–Crippen MR) is 117 cm³/mol. The third kappa shape index (κ3) is 5.36. The van der Waals surface area contributed by atoms with Crippen LogP contribution in [0, 0.1) is 10.1 Å². The van der Waals surface area contributed by atoms with E-state index in [4.69, 9.17) is 0 Å². The molecule has 0 bridgehead atoms. The molecule has 3 aromatic carbocycles. The van der Waals surface area contributed by atoms with E-state index in [1.807, 2.05) is 6.07 Å². The number of nitro benzene ring substituents is 1. The van der Waals surface area contributed by atoms with Gasteiger partial charge in [0.1, 0.15) is 0 Å². The minimum Gasteiger partial charge on any atom is -0.322 e. The molecule has 0 atom stereocenters. The molecule has 0 aliphatic carbocycles. The summed E-state index contributed by atoms with van der Waals surface area (Å²) < 4.78 is 0.685.